The second kappa shape index (κ2) is 7.09. The molecule has 1 aliphatic rings. The maximum absolute atomic E-state index is 12.9. The van der Waals surface area contributed by atoms with E-state index in [1.54, 1.807) is 23.1 Å². The summed E-state index contributed by atoms with van der Waals surface area (Å²) in [5, 5.41) is 0. The Hall–Kier alpha value is -2.18. The third-order valence-electron chi connectivity index (χ3n) is 5.32. The number of carbonyl (C=O) groups is 1. The summed E-state index contributed by atoms with van der Waals surface area (Å²) in [6.45, 7) is 10.1. The summed E-state index contributed by atoms with van der Waals surface area (Å²) < 4.78 is 28.6. The first-order valence-corrected chi connectivity index (χ1v) is 10.6. The van der Waals surface area contributed by atoms with Gasteiger partial charge in [-0.05, 0) is 80.1 Å². The van der Waals surface area contributed by atoms with E-state index in [2.05, 4.69) is 17.7 Å². The Morgan fingerprint density at radius 3 is 2.41 bits per heavy atom. The number of nitrogens with one attached hydrogen (secondary N) is 1. The molecule has 2 aromatic rings. The molecule has 0 saturated carbocycles. The number of amides is 1. The highest BCUT2D eigenvalue weighted by atomic mass is 32.2. The number of hydrogen-bond donors (Lipinski definition) is 1. The Kier molecular flexibility index (Phi) is 5.14. The lowest BCUT2D eigenvalue weighted by atomic mass is 9.97. The summed E-state index contributed by atoms with van der Waals surface area (Å²) in [6, 6.07) is 8.77. The number of benzene rings is 2. The molecule has 0 fully saturated rings. The first-order chi connectivity index (χ1) is 12.6. The van der Waals surface area contributed by atoms with E-state index in [4.69, 9.17) is 0 Å². The summed E-state index contributed by atoms with van der Waals surface area (Å²) >= 11 is 0. The molecule has 27 heavy (non-hydrogen) atoms. The molecule has 0 aliphatic carbocycles. The van der Waals surface area contributed by atoms with Gasteiger partial charge in [-0.3, -0.25) is 4.79 Å². The van der Waals surface area contributed by atoms with E-state index in [0.717, 1.165) is 27.9 Å². The standard InChI is InChI=1S/C21H26N2O3S/c1-13-10-15(3)20(11-14(13)2)16(4)22-27(25,26)19-6-7-21-18(12-19)8-9-23(21)17(5)24/h6-7,10-12,16,22H,8-9H2,1-5H3/t16-/m1/s1. The fourth-order valence-corrected chi connectivity index (χ4v) is 4.96. The molecule has 1 amide bonds. The summed E-state index contributed by atoms with van der Waals surface area (Å²) in [5.74, 6) is -0.0266. The molecule has 0 bridgehead atoms. The maximum atomic E-state index is 12.9. The lowest BCUT2D eigenvalue weighted by molar-refractivity contribution is -0.116. The van der Waals surface area contributed by atoms with Crippen LogP contribution >= 0.6 is 0 Å². The first-order valence-electron chi connectivity index (χ1n) is 9.11. The van der Waals surface area contributed by atoms with E-state index in [1.165, 1.54) is 12.5 Å². The number of hydrogen-bond acceptors (Lipinski definition) is 3. The van der Waals surface area contributed by atoms with Crippen molar-refractivity contribution in [3.63, 3.8) is 0 Å². The van der Waals surface area contributed by atoms with Crippen LogP contribution in [-0.4, -0.2) is 20.9 Å². The molecule has 1 N–H and O–H groups in total. The SMILES string of the molecule is CC(=O)N1CCc2cc(S(=O)(=O)N[C@H](C)c3cc(C)c(C)cc3C)ccc21. The van der Waals surface area contributed by atoms with Gasteiger partial charge in [-0.15, -0.1) is 0 Å². The lowest BCUT2D eigenvalue weighted by Crippen LogP contribution is -2.28. The predicted octanol–water partition coefficient (Wildman–Crippen LogP) is 3.56. The molecule has 0 saturated heterocycles. The molecule has 3 rings (SSSR count). The Morgan fingerprint density at radius 1 is 1.07 bits per heavy atom. The van der Waals surface area contributed by atoms with Crippen molar-refractivity contribution < 1.29 is 13.2 Å². The molecule has 0 spiro atoms. The van der Waals surface area contributed by atoms with Gasteiger partial charge in [0.25, 0.3) is 0 Å². The van der Waals surface area contributed by atoms with Crippen LogP contribution in [0.15, 0.2) is 35.2 Å². The van der Waals surface area contributed by atoms with Crippen LogP contribution in [0.4, 0.5) is 5.69 Å². The van der Waals surface area contributed by atoms with Crippen LogP contribution in [0.1, 0.15) is 47.7 Å². The van der Waals surface area contributed by atoms with Crippen molar-refractivity contribution in [1.82, 2.24) is 4.72 Å². The Bertz CT molecular complexity index is 1010. The van der Waals surface area contributed by atoms with Crippen molar-refractivity contribution in [2.45, 2.75) is 52.0 Å². The van der Waals surface area contributed by atoms with Crippen molar-refractivity contribution in [2.75, 3.05) is 11.4 Å². The smallest absolute Gasteiger partial charge is 0.241 e. The summed E-state index contributed by atoms with van der Waals surface area (Å²) in [4.78, 5) is 13.6. The van der Waals surface area contributed by atoms with Crippen LogP contribution in [-0.2, 0) is 21.2 Å². The van der Waals surface area contributed by atoms with Gasteiger partial charge < -0.3 is 4.90 Å². The highest BCUT2D eigenvalue weighted by Gasteiger charge is 2.26. The van der Waals surface area contributed by atoms with Gasteiger partial charge in [-0.25, -0.2) is 13.1 Å². The predicted molar refractivity (Wildman–Crippen MR) is 108 cm³/mol. The van der Waals surface area contributed by atoms with Crippen LogP contribution in [0.5, 0.6) is 0 Å². The van der Waals surface area contributed by atoms with Gasteiger partial charge in [0.2, 0.25) is 15.9 Å². The summed E-state index contributed by atoms with van der Waals surface area (Å²) in [5.41, 5.74) is 6.08. The molecule has 1 aliphatic heterocycles. The monoisotopic (exact) mass is 386 g/mol. The summed E-state index contributed by atoms with van der Waals surface area (Å²) in [6.07, 6.45) is 0.671. The Labute approximate surface area is 161 Å². The van der Waals surface area contributed by atoms with Gasteiger partial charge in [0.05, 0.1) is 4.90 Å². The van der Waals surface area contributed by atoms with Crippen LogP contribution < -0.4 is 9.62 Å². The molecular formula is C21H26N2O3S. The van der Waals surface area contributed by atoms with Crippen LogP contribution in [0.3, 0.4) is 0 Å². The Balaban J connectivity index is 1.88. The number of anilines is 1. The van der Waals surface area contributed by atoms with Crippen LogP contribution in [0, 0.1) is 20.8 Å². The second-order valence-corrected chi connectivity index (χ2v) is 9.06. The molecule has 0 aromatic heterocycles. The molecule has 1 heterocycles. The van der Waals surface area contributed by atoms with E-state index < -0.39 is 10.0 Å². The lowest BCUT2D eigenvalue weighted by Gasteiger charge is -2.19. The van der Waals surface area contributed by atoms with E-state index in [-0.39, 0.29) is 16.8 Å². The van der Waals surface area contributed by atoms with Gasteiger partial charge in [-0.2, -0.15) is 0 Å². The van der Waals surface area contributed by atoms with E-state index in [0.29, 0.717) is 13.0 Å². The number of fused-ring (bicyclic) bond motifs is 1. The minimum absolute atomic E-state index is 0.0266. The number of nitrogens with zero attached hydrogens (tertiary/aromatic N) is 1. The van der Waals surface area contributed by atoms with Gasteiger partial charge >= 0.3 is 0 Å². The summed E-state index contributed by atoms with van der Waals surface area (Å²) in [7, 11) is -3.66. The fourth-order valence-electron chi connectivity index (χ4n) is 3.69. The maximum Gasteiger partial charge on any atom is 0.241 e. The molecule has 5 nitrogen and oxygen atoms in total. The minimum Gasteiger partial charge on any atom is -0.312 e. The molecule has 0 radical (unpaired) electrons. The molecular weight excluding hydrogens is 360 g/mol. The number of carbonyl (C=O) groups excluding carboxylic acids is 1. The number of rotatable bonds is 4. The molecule has 144 valence electrons. The average Bonchev–Trinajstić information content (AvgIpc) is 3.01. The Morgan fingerprint density at radius 2 is 1.74 bits per heavy atom. The van der Waals surface area contributed by atoms with Crippen molar-refractivity contribution in [3.8, 4) is 0 Å². The van der Waals surface area contributed by atoms with Crippen molar-refractivity contribution >= 4 is 21.6 Å². The highest BCUT2D eigenvalue weighted by molar-refractivity contribution is 7.89. The van der Waals surface area contributed by atoms with Gasteiger partial charge in [0, 0.05) is 25.2 Å². The third kappa shape index (κ3) is 3.77. The van der Waals surface area contributed by atoms with E-state index in [9.17, 15) is 13.2 Å². The van der Waals surface area contributed by atoms with Gasteiger partial charge in [0.15, 0.2) is 0 Å². The zero-order chi connectivity index (χ0) is 19.9. The third-order valence-corrected chi connectivity index (χ3v) is 6.86. The van der Waals surface area contributed by atoms with Crippen molar-refractivity contribution in [2.24, 2.45) is 0 Å². The van der Waals surface area contributed by atoms with E-state index in [1.807, 2.05) is 26.8 Å². The second-order valence-electron chi connectivity index (χ2n) is 7.35. The minimum atomic E-state index is -3.66. The van der Waals surface area contributed by atoms with Gasteiger partial charge in [0.1, 0.15) is 0 Å². The quantitative estimate of drug-likeness (QED) is 0.874. The van der Waals surface area contributed by atoms with Crippen LogP contribution in [0.2, 0.25) is 0 Å². The highest BCUT2D eigenvalue weighted by Crippen LogP contribution is 2.31. The van der Waals surface area contributed by atoms with Crippen LogP contribution in [0.25, 0.3) is 0 Å². The zero-order valence-corrected chi connectivity index (χ0v) is 17.3. The van der Waals surface area contributed by atoms with E-state index >= 15 is 0 Å². The molecule has 6 heteroatoms. The van der Waals surface area contributed by atoms with Crippen molar-refractivity contribution in [3.05, 3.63) is 58.1 Å². The fraction of sp³-hybridized carbons (Fsp3) is 0.381. The topological polar surface area (TPSA) is 66.5 Å². The largest absolute Gasteiger partial charge is 0.312 e. The zero-order valence-electron chi connectivity index (χ0n) is 16.5. The number of sulfonamides is 1. The molecule has 2 aromatic carbocycles. The number of aryl methyl sites for hydroxylation is 3. The average molecular weight is 387 g/mol. The first kappa shape index (κ1) is 19.6. The molecule has 0 unspecified atom stereocenters. The molecule has 1 atom stereocenters. The normalized spacial score (nSPS) is 14.9. The van der Waals surface area contributed by atoms with Gasteiger partial charge in [-0.1, -0.05) is 12.1 Å². The van der Waals surface area contributed by atoms with Crippen molar-refractivity contribution in [1.29, 1.82) is 0 Å².